The maximum atomic E-state index is 13.1. The van der Waals surface area contributed by atoms with Crippen LogP contribution in [0.3, 0.4) is 0 Å². The quantitative estimate of drug-likeness (QED) is 0.444. The molecule has 0 heterocycles. The Balaban J connectivity index is 1.93. The van der Waals surface area contributed by atoms with Crippen LogP contribution >= 0.6 is 0 Å². The van der Waals surface area contributed by atoms with Gasteiger partial charge >= 0.3 is 0 Å². The Morgan fingerprint density at radius 1 is 1.06 bits per heavy atom. The summed E-state index contributed by atoms with van der Waals surface area (Å²) >= 11 is 0. The highest BCUT2D eigenvalue weighted by atomic mass is 32.2. The first-order valence-corrected chi connectivity index (χ1v) is 13.0. The van der Waals surface area contributed by atoms with E-state index in [1.165, 1.54) is 19.1 Å². The van der Waals surface area contributed by atoms with E-state index >= 15 is 0 Å². The van der Waals surface area contributed by atoms with Crippen LogP contribution in [0.2, 0.25) is 0 Å². The first-order chi connectivity index (χ1) is 16.1. The number of sulfonamides is 1. The van der Waals surface area contributed by atoms with Crippen LogP contribution in [0.15, 0.2) is 42.5 Å². The number of carbonyl (C=O) groups excluding carboxylic acids is 1. The molecule has 2 unspecified atom stereocenters. The summed E-state index contributed by atoms with van der Waals surface area (Å²) in [5, 5.41) is 2.81. The van der Waals surface area contributed by atoms with Crippen molar-refractivity contribution in [3.8, 4) is 11.5 Å². The molecule has 0 aliphatic rings. The third kappa shape index (κ3) is 8.29. The molecular formula is C25H35FN2O5S. The zero-order valence-corrected chi connectivity index (χ0v) is 21.2. The smallest absolute Gasteiger partial charge is 0.238 e. The molecule has 1 amide bonds. The molecule has 0 fully saturated rings. The first-order valence-electron chi connectivity index (χ1n) is 11.4. The Morgan fingerprint density at radius 2 is 1.74 bits per heavy atom. The normalized spacial score (nSPS) is 13.4. The van der Waals surface area contributed by atoms with Gasteiger partial charge in [0.05, 0.1) is 19.5 Å². The largest absolute Gasteiger partial charge is 0.493 e. The molecule has 2 N–H and O–H groups in total. The van der Waals surface area contributed by atoms with Crippen molar-refractivity contribution in [3.05, 3.63) is 59.4 Å². The summed E-state index contributed by atoms with van der Waals surface area (Å²) in [7, 11) is -1.93. The second-order valence-corrected chi connectivity index (χ2v) is 10.6. The maximum Gasteiger partial charge on any atom is 0.238 e. The lowest BCUT2D eigenvalue weighted by Crippen LogP contribution is -2.50. The Bertz CT molecular complexity index is 1040. The van der Waals surface area contributed by atoms with Crippen LogP contribution in [0.25, 0.3) is 0 Å². The molecular weight excluding hydrogens is 459 g/mol. The highest BCUT2D eigenvalue weighted by molar-refractivity contribution is 7.89. The van der Waals surface area contributed by atoms with Crippen molar-refractivity contribution in [2.45, 2.75) is 46.1 Å². The van der Waals surface area contributed by atoms with Gasteiger partial charge in [0, 0.05) is 12.5 Å². The van der Waals surface area contributed by atoms with Crippen molar-refractivity contribution in [1.82, 2.24) is 10.0 Å². The van der Waals surface area contributed by atoms with Gasteiger partial charge in [0.1, 0.15) is 11.9 Å². The number of nitrogens with one attached hydrogen (secondary N) is 2. The van der Waals surface area contributed by atoms with E-state index in [-0.39, 0.29) is 29.3 Å². The second-order valence-electron chi connectivity index (χ2n) is 8.53. The fourth-order valence-electron chi connectivity index (χ4n) is 3.30. The van der Waals surface area contributed by atoms with E-state index in [2.05, 4.69) is 10.0 Å². The fraction of sp³-hybridized carbons (Fsp3) is 0.480. The van der Waals surface area contributed by atoms with Gasteiger partial charge in [-0.2, -0.15) is 0 Å². The van der Waals surface area contributed by atoms with E-state index in [1.807, 2.05) is 25.1 Å². The lowest BCUT2D eigenvalue weighted by molar-refractivity contribution is -0.123. The molecule has 2 aromatic rings. The number of hydrogen-bond donors (Lipinski definition) is 2. The molecule has 34 heavy (non-hydrogen) atoms. The van der Waals surface area contributed by atoms with Crippen molar-refractivity contribution < 1.29 is 27.1 Å². The van der Waals surface area contributed by atoms with Crippen LogP contribution in [0.1, 0.15) is 44.7 Å². The van der Waals surface area contributed by atoms with Gasteiger partial charge in [-0.05, 0) is 54.7 Å². The summed E-state index contributed by atoms with van der Waals surface area (Å²) in [6, 6.07) is 11.1. The summed E-state index contributed by atoms with van der Waals surface area (Å²) in [6.45, 7) is 7.87. The first kappa shape index (κ1) is 27.6. The summed E-state index contributed by atoms with van der Waals surface area (Å²) in [4.78, 5) is 12.5. The highest BCUT2D eigenvalue weighted by Gasteiger charge is 2.26. The highest BCUT2D eigenvalue weighted by Crippen LogP contribution is 2.29. The maximum absolute atomic E-state index is 13.1. The molecule has 2 rings (SSSR count). The molecule has 188 valence electrons. The van der Waals surface area contributed by atoms with E-state index < -0.39 is 16.1 Å². The summed E-state index contributed by atoms with van der Waals surface area (Å²) in [6.07, 6.45) is 0.541. The fourth-order valence-corrected chi connectivity index (χ4v) is 4.23. The predicted molar refractivity (Wildman–Crippen MR) is 131 cm³/mol. The Labute approximate surface area is 202 Å². The molecule has 0 bridgehead atoms. The number of hydrogen-bond acceptors (Lipinski definition) is 5. The number of halogens is 1. The zero-order chi connectivity index (χ0) is 25.3. The molecule has 0 radical (unpaired) electrons. The second kappa shape index (κ2) is 12.7. The van der Waals surface area contributed by atoms with E-state index in [1.54, 1.807) is 33.1 Å². The molecule has 0 spiro atoms. The Kier molecular flexibility index (Phi) is 10.3. The molecule has 2 aromatic carbocycles. The lowest BCUT2D eigenvalue weighted by atomic mass is 10.0. The van der Waals surface area contributed by atoms with Crippen molar-refractivity contribution in [3.63, 3.8) is 0 Å². The van der Waals surface area contributed by atoms with Gasteiger partial charge < -0.3 is 14.8 Å². The molecule has 9 heteroatoms. The van der Waals surface area contributed by atoms with E-state index in [9.17, 15) is 17.6 Å². The number of carbonyl (C=O) groups is 1. The SMILES string of the molecule is CCS(=O)(=O)NC(C(=O)NCCc1ccc(OCC(C)c2ccc(F)cc2)c(OC)c1)C(C)C. The molecule has 0 saturated carbocycles. The Hall–Kier alpha value is -2.65. The van der Waals surface area contributed by atoms with Gasteiger partial charge in [-0.25, -0.2) is 17.5 Å². The van der Waals surface area contributed by atoms with Crippen LogP contribution in [0.5, 0.6) is 11.5 Å². The monoisotopic (exact) mass is 494 g/mol. The zero-order valence-electron chi connectivity index (χ0n) is 20.4. The van der Waals surface area contributed by atoms with Gasteiger partial charge in [-0.1, -0.05) is 39.0 Å². The molecule has 0 aliphatic carbocycles. The van der Waals surface area contributed by atoms with Crippen LogP contribution in [-0.2, 0) is 21.2 Å². The van der Waals surface area contributed by atoms with Crippen molar-refractivity contribution in [1.29, 1.82) is 0 Å². The third-order valence-electron chi connectivity index (χ3n) is 5.50. The number of benzene rings is 2. The molecule has 7 nitrogen and oxygen atoms in total. The minimum Gasteiger partial charge on any atom is -0.493 e. The van der Waals surface area contributed by atoms with Gasteiger partial charge in [0.2, 0.25) is 15.9 Å². The van der Waals surface area contributed by atoms with Crippen molar-refractivity contribution in [2.75, 3.05) is 26.0 Å². The van der Waals surface area contributed by atoms with Crippen LogP contribution in [0, 0.1) is 11.7 Å². The van der Waals surface area contributed by atoms with Crippen LogP contribution in [0.4, 0.5) is 4.39 Å². The van der Waals surface area contributed by atoms with Gasteiger partial charge in [-0.15, -0.1) is 0 Å². The Morgan fingerprint density at radius 3 is 2.32 bits per heavy atom. The van der Waals surface area contributed by atoms with Gasteiger partial charge in [0.15, 0.2) is 11.5 Å². The predicted octanol–water partition coefficient (Wildman–Crippen LogP) is 3.64. The minimum absolute atomic E-state index is 0.0687. The standard InChI is InChI=1S/C25H35FN2O5S/c1-6-34(30,31)28-24(17(2)3)25(29)27-14-13-19-7-12-22(23(15-19)32-5)33-16-18(4)20-8-10-21(26)11-9-20/h7-12,15,17-18,24,28H,6,13-14,16H2,1-5H3,(H,27,29). The topological polar surface area (TPSA) is 93.7 Å². The third-order valence-corrected chi connectivity index (χ3v) is 6.88. The molecule has 0 aromatic heterocycles. The van der Waals surface area contributed by atoms with Crippen molar-refractivity contribution >= 4 is 15.9 Å². The average molecular weight is 495 g/mol. The number of ether oxygens (including phenoxy) is 2. The van der Waals surface area contributed by atoms with Crippen LogP contribution in [-0.4, -0.2) is 46.4 Å². The number of methoxy groups -OCH3 is 1. The number of rotatable bonds is 13. The summed E-state index contributed by atoms with van der Waals surface area (Å²) in [5.41, 5.74) is 1.92. The van der Waals surface area contributed by atoms with E-state index in [0.717, 1.165) is 11.1 Å². The molecule has 2 atom stereocenters. The molecule has 0 aliphatic heterocycles. The van der Waals surface area contributed by atoms with Gasteiger partial charge in [0.25, 0.3) is 0 Å². The summed E-state index contributed by atoms with van der Waals surface area (Å²) < 4.78 is 50.7. The average Bonchev–Trinajstić information content (AvgIpc) is 2.81. The van der Waals surface area contributed by atoms with E-state index in [0.29, 0.717) is 31.1 Å². The van der Waals surface area contributed by atoms with Gasteiger partial charge in [-0.3, -0.25) is 4.79 Å². The van der Waals surface area contributed by atoms with Crippen LogP contribution < -0.4 is 19.5 Å². The lowest BCUT2D eigenvalue weighted by Gasteiger charge is -2.21. The minimum atomic E-state index is -3.49. The molecule has 0 saturated heterocycles. The number of amides is 1. The van der Waals surface area contributed by atoms with E-state index in [4.69, 9.17) is 9.47 Å². The van der Waals surface area contributed by atoms with Crippen molar-refractivity contribution in [2.24, 2.45) is 5.92 Å². The summed E-state index contributed by atoms with van der Waals surface area (Å²) in [5.74, 6) is 0.347.